The first-order valence-corrected chi connectivity index (χ1v) is 9.42. The van der Waals surface area contributed by atoms with Crippen LogP contribution in [0, 0.1) is 13.8 Å². The Kier molecular flexibility index (Phi) is 5.80. The summed E-state index contributed by atoms with van der Waals surface area (Å²) in [5, 5.41) is 16.1. The maximum Gasteiger partial charge on any atom is 0.234 e. The second kappa shape index (κ2) is 8.07. The van der Waals surface area contributed by atoms with Gasteiger partial charge in [-0.3, -0.25) is 4.79 Å². The van der Waals surface area contributed by atoms with Crippen LogP contribution in [0.1, 0.15) is 11.1 Å². The van der Waals surface area contributed by atoms with Crippen LogP contribution < -0.4 is 5.32 Å². The summed E-state index contributed by atoms with van der Waals surface area (Å²) in [7, 11) is 0. The minimum atomic E-state index is -0.186. The molecule has 0 radical (unpaired) electrons. The van der Waals surface area contributed by atoms with Crippen molar-refractivity contribution in [1.82, 2.24) is 20.2 Å². The smallest absolute Gasteiger partial charge is 0.234 e. The van der Waals surface area contributed by atoms with Crippen LogP contribution in [-0.4, -0.2) is 31.9 Å². The molecule has 1 heterocycles. The number of halogens is 2. The number of rotatable bonds is 5. The molecule has 134 valence electrons. The molecule has 0 spiro atoms. The summed E-state index contributed by atoms with van der Waals surface area (Å²) in [6.07, 6.45) is 0. The van der Waals surface area contributed by atoms with Gasteiger partial charge in [0.05, 0.1) is 22.2 Å². The SMILES string of the molecule is Cc1cc(C)c(NC(=O)CSc2nnnn2-c2ccc(Cl)cc2)c(Cl)c1. The van der Waals surface area contributed by atoms with Gasteiger partial charge in [-0.15, -0.1) is 5.10 Å². The predicted octanol–water partition coefficient (Wildman–Crippen LogP) is 4.32. The highest BCUT2D eigenvalue weighted by atomic mass is 35.5. The van der Waals surface area contributed by atoms with Crippen molar-refractivity contribution in [2.45, 2.75) is 19.0 Å². The third-order valence-corrected chi connectivity index (χ3v) is 5.01. The fraction of sp³-hybridized carbons (Fsp3) is 0.176. The molecule has 0 saturated carbocycles. The molecule has 6 nitrogen and oxygen atoms in total. The molecule has 0 atom stereocenters. The van der Waals surface area contributed by atoms with Gasteiger partial charge in [-0.25, -0.2) is 0 Å². The summed E-state index contributed by atoms with van der Waals surface area (Å²) >= 11 is 13.4. The number of nitrogens with one attached hydrogen (secondary N) is 1. The van der Waals surface area contributed by atoms with Crippen molar-refractivity contribution in [3.05, 3.63) is 57.6 Å². The molecular weight excluding hydrogens is 393 g/mol. The van der Waals surface area contributed by atoms with Gasteiger partial charge in [0.1, 0.15) is 0 Å². The molecule has 0 saturated heterocycles. The summed E-state index contributed by atoms with van der Waals surface area (Å²) in [6, 6.07) is 10.9. The summed E-state index contributed by atoms with van der Waals surface area (Å²) in [5.74, 6) is -0.0352. The van der Waals surface area contributed by atoms with E-state index in [4.69, 9.17) is 23.2 Å². The number of aryl methyl sites for hydroxylation is 2. The maximum atomic E-state index is 12.3. The molecule has 0 aliphatic carbocycles. The van der Waals surface area contributed by atoms with Crippen molar-refractivity contribution in [2.75, 3.05) is 11.1 Å². The van der Waals surface area contributed by atoms with Gasteiger partial charge in [-0.05, 0) is 65.7 Å². The molecular formula is C17H15Cl2N5OS. The van der Waals surface area contributed by atoms with Crippen LogP contribution in [0.4, 0.5) is 5.69 Å². The molecule has 3 aromatic rings. The molecule has 0 aliphatic rings. The van der Waals surface area contributed by atoms with E-state index in [0.717, 1.165) is 16.8 Å². The Morgan fingerprint density at radius 3 is 2.62 bits per heavy atom. The lowest BCUT2D eigenvalue weighted by Crippen LogP contribution is -2.16. The van der Waals surface area contributed by atoms with Gasteiger partial charge in [0.15, 0.2) is 0 Å². The number of anilines is 1. The third-order valence-electron chi connectivity index (χ3n) is 3.54. The van der Waals surface area contributed by atoms with E-state index in [1.54, 1.807) is 28.9 Å². The van der Waals surface area contributed by atoms with Crippen LogP contribution >= 0.6 is 35.0 Å². The van der Waals surface area contributed by atoms with Gasteiger partial charge in [-0.2, -0.15) is 4.68 Å². The Bertz CT molecular complexity index is 920. The van der Waals surface area contributed by atoms with E-state index in [1.807, 2.05) is 26.0 Å². The minimum absolute atomic E-state index is 0.150. The fourth-order valence-electron chi connectivity index (χ4n) is 2.39. The maximum absolute atomic E-state index is 12.3. The molecule has 9 heteroatoms. The third kappa shape index (κ3) is 4.35. The van der Waals surface area contributed by atoms with E-state index in [9.17, 15) is 4.79 Å². The molecule has 26 heavy (non-hydrogen) atoms. The Morgan fingerprint density at radius 2 is 1.92 bits per heavy atom. The quantitative estimate of drug-likeness (QED) is 0.637. The second-order valence-corrected chi connectivity index (χ2v) is 7.41. The molecule has 0 unspecified atom stereocenters. The number of hydrogen-bond acceptors (Lipinski definition) is 5. The monoisotopic (exact) mass is 407 g/mol. The van der Waals surface area contributed by atoms with Crippen molar-refractivity contribution in [2.24, 2.45) is 0 Å². The largest absolute Gasteiger partial charge is 0.324 e. The number of carbonyl (C=O) groups is 1. The normalized spacial score (nSPS) is 10.8. The van der Waals surface area contributed by atoms with Gasteiger partial charge >= 0.3 is 0 Å². The van der Waals surface area contributed by atoms with Crippen LogP contribution in [0.25, 0.3) is 5.69 Å². The van der Waals surface area contributed by atoms with Crippen molar-refractivity contribution in [1.29, 1.82) is 0 Å². The molecule has 0 bridgehead atoms. The van der Waals surface area contributed by atoms with E-state index in [1.165, 1.54) is 11.8 Å². The second-order valence-electron chi connectivity index (χ2n) is 5.63. The number of aromatic nitrogens is 4. The van der Waals surface area contributed by atoms with Crippen molar-refractivity contribution in [3.63, 3.8) is 0 Å². The van der Waals surface area contributed by atoms with E-state index in [2.05, 4.69) is 20.8 Å². The fourth-order valence-corrected chi connectivity index (χ4v) is 3.58. The lowest BCUT2D eigenvalue weighted by atomic mass is 10.1. The highest BCUT2D eigenvalue weighted by Gasteiger charge is 2.14. The van der Waals surface area contributed by atoms with E-state index in [-0.39, 0.29) is 11.7 Å². The van der Waals surface area contributed by atoms with Crippen molar-refractivity contribution < 1.29 is 4.79 Å². The first kappa shape index (κ1) is 18.7. The zero-order valence-corrected chi connectivity index (χ0v) is 16.4. The first-order chi connectivity index (χ1) is 12.4. The molecule has 0 fully saturated rings. The first-order valence-electron chi connectivity index (χ1n) is 7.68. The molecule has 2 aromatic carbocycles. The Morgan fingerprint density at radius 1 is 1.19 bits per heavy atom. The molecule has 1 N–H and O–H groups in total. The van der Waals surface area contributed by atoms with Gasteiger partial charge in [0, 0.05) is 5.02 Å². The summed E-state index contributed by atoms with van der Waals surface area (Å²) < 4.78 is 1.55. The molecule has 0 aliphatic heterocycles. The van der Waals surface area contributed by atoms with Crippen LogP contribution in [0.3, 0.4) is 0 Å². The topological polar surface area (TPSA) is 72.7 Å². The number of hydrogen-bond donors (Lipinski definition) is 1. The van der Waals surface area contributed by atoms with E-state index >= 15 is 0 Å². The highest BCUT2D eigenvalue weighted by Crippen LogP contribution is 2.28. The Hall–Kier alpha value is -2.09. The average Bonchev–Trinajstić information content (AvgIpc) is 3.05. The number of thioether (sulfide) groups is 1. The zero-order chi connectivity index (χ0) is 18.7. The summed E-state index contributed by atoms with van der Waals surface area (Å²) in [5.41, 5.74) is 3.35. The van der Waals surface area contributed by atoms with Gasteiger partial charge in [0.2, 0.25) is 11.1 Å². The summed E-state index contributed by atoms with van der Waals surface area (Å²) in [4.78, 5) is 12.3. The summed E-state index contributed by atoms with van der Waals surface area (Å²) in [6.45, 7) is 3.86. The van der Waals surface area contributed by atoms with E-state index in [0.29, 0.717) is 20.9 Å². The molecule has 1 amide bonds. The number of amides is 1. The lowest BCUT2D eigenvalue weighted by Gasteiger charge is -2.11. The Balaban J connectivity index is 1.68. The zero-order valence-electron chi connectivity index (χ0n) is 14.0. The van der Waals surface area contributed by atoms with Crippen molar-refractivity contribution in [3.8, 4) is 5.69 Å². The minimum Gasteiger partial charge on any atom is -0.324 e. The number of carbonyl (C=O) groups excluding carboxylic acids is 1. The van der Waals surface area contributed by atoms with Crippen LogP contribution in [-0.2, 0) is 4.79 Å². The lowest BCUT2D eigenvalue weighted by molar-refractivity contribution is -0.113. The Labute approximate surface area is 164 Å². The molecule has 3 rings (SSSR count). The van der Waals surface area contributed by atoms with Gasteiger partial charge in [-0.1, -0.05) is 41.0 Å². The van der Waals surface area contributed by atoms with Crippen LogP contribution in [0.5, 0.6) is 0 Å². The van der Waals surface area contributed by atoms with E-state index < -0.39 is 0 Å². The van der Waals surface area contributed by atoms with Gasteiger partial charge < -0.3 is 5.32 Å². The predicted molar refractivity (Wildman–Crippen MR) is 104 cm³/mol. The standard InChI is InChI=1S/C17H15Cl2N5OS/c1-10-7-11(2)16(14(19)8-10)20-15(25)9-26-17-21-22-23-24(17)13-5-3-12(18)4-6-13/h3-8H,9H2,1-2H3,(H,20,25). The van der Waals surface area contributed by atoms with Crippen molar-refractivity contribution >= 4 is 46.6 Å². The number of benzene rings is 2. The molecule has 1 aromatic heterocycles. The number of nitrogens with zero attached hydrogens (tertiary/aromatic N) is 4. The van der Waals surface area contributed by atoms with Crippen LogP contribution in [0.15, 0.2) is 41.6 Å². The van der Waals surface area contributed by atoms with Gasteiger partial charge in [0.25, 0.3) is 0 Å². The average molecular weight is 408 g/mol. The number of tetrazole rings is 1. The highest BCUT2D eigenvalue weighted by molar-refractivity contribution is 7.99. The van der Waals surface area contributed by atoms with Crippen LogP contribution in [0.2, 0.25) is 10.0 Å².